The van der Waals surface area contributed by atoms with Gasteiger partial charge in [0.25, 0.3) is 0 Å². The number of hydrogen-bond acceptors (Lipinski definition) is 3. The summed E-state index contributed by atoms with van der Waals surface area (Å²) in [5.41, 5.74) is 1.00. The first-order valence-corrected chi connectivity index (χ1v) is 7.94. The first-order valence-electron chi connectivity index (χ1n) is 5.88. The monoisotopic (exact) mass is 281 g/mol. The summed E-state index contributed by atoms with van der Waals surface area (Å²) in [6.07, 6.45) is 1.58. The number of aromatic nitrogens is 1. The van der Waals surface area contributed by atoms with E-state index in [4.69, 9.17) is 0 Å². The molecule has 0 bridgehead atoms. The van der Waals surface area contributed by atoms with E-state index in [1.54, 1.807) is 10.6 Å². The Hall–Kier alpha value is -1.82. The van der Waals surface area contributed by atoms with Gasteiger partial charge in [0.1, 0.15) is 15.5 Å². The quantitative estimate of drug-likeness (QED) is 0.906. The summed E-state index contributed by atoms with van der Waals surface area (Å²) in [6.45, 7) is 0.377. The first-order chi connectivity index (χ1) is 8.88. The van der Waals surface area contributed by atoms with Crippen molar-refractivity contribution in [2.45, 2.75) is 13.0 Å². The largest absolute Gasteiger partial charge is 0.477 e. The van der Waals surface area contributed by atoms with Crippen molar-refractivity contribution in [1.29, 1.82) is 0 Å². The van der Waals surface area contributed by atoms with Crippen LogP contribution in [0.15, 0.2) is 30.3 Å². The van der Waals surface area contributed by atoms with Crippen molar-refractivity contribution in [3.8, 4) is 0 Å². The number of para-hydroxylation sites is 1. The smallest absolute Gasteiger partial charge is 0.352 e. The van der Waals surface area contributed by atoms with Gasteiger partial charge in [0.2, 0.25) is 0 Å². The van der Waals surface area contributed by atoms with Crippen LogP contribution in [0.3, 0.4) is 0 Å². The van der Waals surface area contributed by atoms with E-state index >= 15 is 0 Å². The van der Waals surface area contributed by atoms with Gasteiger partial charge >= 0.3 is 5.97 Å². The van der Waals surface area contributed by atoms with Crippen LogP contribution in [0.4, 0.5) is 0 Å². The van der Waals surface area contributed by atoms with Crippen molar-refractivity contribution in [2.75, 3.05) is 12.0 Å². The highest BCUT2D eigenvalue weighted by atomic mass is 32.2. The zero-order valence-corrected chi connectivity index (χ0v) is 11.4. The molecule has 102 valence electrons. The minimum Gasteiger partial charge on any atom is -0.477 e. The van der Waals surface area contributed by atoms with E-state index in [-0.39, 0.29) is 11.4 Å². The summed E-state index contributed by atoms with van der Waals surface area (Å²) in [5.74, 6) is -0.950. The van der Waals surface area contributed by atoms with E-state index in [1.165, 1.54) is 6.26 Å². The molecular formula is C13H15NO4S. The van der Waals surface area contributed by atoms with E-state index in [1.807, 2.05) is 24.3 Å². The number of carboxylic acid groups (broad SMARTS) is 1. The molecule has 6 heteroatoms. The molecule has 0 radical (unpaired) electrons. The number of nitrogens with zero attached hydrogens (tertiary/aromatic N) is 1. The third-order valence-electron chi connectivity index (χ3n) is 2.93. The van der Waals surface area contributed by atoms with Crippen LogP contribution < -0.4 is 0 Å². The minimum absolute atomic E-state index is 0.0541. The van der Waals surface area contributed by atoms with Crippen molar-refractivity contribution in [1.82, 2.24) is 4.57 Å². The van der Waals surface area contributed by atoms with E-state index in [0.29, 0.717) is 13.0 Å². The number of hydrogen-bond donors (Lipinski definition) is 1. The van der Waals surface area contributed by atoms with Gasteiger partial charge in [0.05, 0.1) is 5.75 Å². The van der Waals surface area contributed by atoms with Crippen molar-refractivity contribution in [3.63, 3.8) is 0 Å². The van der Waals surface area contributed by atoms with Crippen LogP contribution in [0.2, 0.25) is 0 Å². The topological polar surface area (TPSA) is 76.4 Å². The Morgan fingerprint density at radius 1 is 1.32 bits per heavy atom. The molecular weight excluding hydrogens is 266 g/mol. The Labute approximate surface area is 111 Å². The summed E-state index contributed by atoms with van der Waals surface area (Å²) < 4.78 is 23.9. The molecule has 1 aromatic carbocycles. The number of aryl methyl sites for hydroxylation is 1. The van der Waals surface area contributed by atoms with Gasteiger partial charge in [-0.2, -0.15) is 0 Å². The highest BCUT2D eigenvalue weighted by Crippen LogP contribution is 2.20. The standard InChI is InChI=1S/C13H15NO4S/c1-19(17,18)8-4-7-14-11-6-3-2-5-10(11)9-12(14)13(15)16/h2-3,5-6,9H,4,7-8H2,1H3,(H,15,16). The van der Waals surface area contributed by atoms with Crippen molar-refractivity contribution in [3.05, 3.63) is 36.0 Å². The molecule has 0 fully saturated rings. The zero-order chi connectivity index (χ0) is 14.0. The van der Waals surface area contributed by atoms with Crippen LogP contribution in [-0.2, 0) is 16.4 Å². The molecule has 19 heavy (non-hydrogen) atoms. The van der Waals surface area contributed by atoms with Crippen LogP contribution in [0, 0.1) is 0 Å². The molecule has 0 unspecified atom stereocenters. The van der Waals surface area contributed by atoms with E-state index in [0.717, 1.165) is 10.9 Å². The number of sulfone groups is 1. The van der Waals surface area contributed by atoms with Gasteiger partial charge in [-0.15, -0.1) is 0 Å². The number of fused-ring (bicyclic) bond motifs is 1. The summed E-state index contributed by atoms with van der Waals surface area (Å²) in [5, 5.41) is 10.0. The van der Waals surface area contributed by atoms with Gasteiger partial charge in [0, 0.05) is 23.7 Å². The molecule has 2 rings (SSSR count). The van der Waals surface area contributed by atoms with E-state index < -0.39 is 15.8 Å². The molecule has 5 nitrogen and oxygen atoms in total. The molecule has 1 aromatic heterocycles. The lowest BCUT2D eigenvalue weighted by molar-refractivity contribution is 0.0685. The SMILES string of the molecule is CS(=O)(=O)CCCn1c(C(=O)O)cc2ccccc21. The second-order valence-electron chi connectivity index (χ2n) is 4.53. The molecule has 0 aliphatic rings. The normalized spacial score (nSPS) is 11.8. The predicted molar refractivity (Wildman–Crippen MR) is 73.2 cm³/mol. The van der Waals surface area contributed by atoms with Gasteiger partial charge in [-0.25, -0.2) is 13.2 Å². The number of aromatic carboxylic acids is 1. The van der Waals surface area contributed by atoms with Crippen LogP contribution in [0.5, 0.6) is 0 Å². The minimum atomic E-state index is -3.02. The Balaban J connectivity index is 2.34. The van der Waals surface area contributed by atoms with Gasteiger partial charge in [-0.3, -0.25) is 0 Å². The second-order valence-corrected chi connectivity index (χ2v) is 6.79. The maximum atomic E-state index is 11.2. The average molecular weight is 281 g/mol. The van der Waals surface area contributed by atoms with Crippen LogP contribution >= 0.6 is 0 Å². The lowest BCUT2D eigenvalue weighted by Crippen LogP contribution is -2.12. The zero-order valence-electron chi connectivity index (χ0n) is 10.5. The fraction of sp³-hybridized carbons (Fsp3) is 0.308. The third kappa shape index (κ3) is 3.14. The number of carbonyl (C=O) groups is 1. The Kier molecular flexibility index (Phi) is 3.61. The lowest BCUT2D eigenvalue weighted by atomic mass is 10.2. The maximum absolute atomic E-state index is 11.2. The summed E-state index contributed by atoms with van der Waals surface area (Å²) in [6, 6.07) is 8.96. The van der Waals surface area contributed by atoms with Crippen molar-refractivity contribution in [2.24, 2.45) is 0 Å². The van der Waals surface area contributed by atoms with E-state index in [2.05, 4.69) is 0 Å². The van der Waals surface area contributed by atoms with Gasteiger partial charge in [-0.1, -0.05) is 18.2 Å². The van der Waals surface area contributed by atoms with E-state index in [9.17, 15) is 18.3 Å². The molecule has 2 aromatic rings. The van der Waals surface area contributed by atoms with Gasteiger partial charge in [-0.05, 0) is 18.6 Å². The first kappa shape index (κ1) is 13.6. The van der Waals surface area contributed by atoms with Crippen LogP contribution in [0.25, 0.3) is 10.9 Å². The Morgan fingerprint density at radius 3 is 2.63 bits per heavy atom. The maximum Gasteiger partial charge on any atom is 0.352 e. The Morgan fingerprint density at radius 2 is 2.00 bits per heavy atom. The second kappa shape index (κ2) is 5.05. The fourth-order valence-corrected chi connectivity index (χ4v) is 2.77. The molecule has 0 atom stereocenters. The summed E-state index contributed by atoms with van der Waals surface area (Å²) in [7, 11) is -3.02. The van der Waals surface area contributed by atoms with Crippen molar-refractivity contribution < 1.29 is 18.3 Å². The number of carboxylic acids is 1. The summed E-state index contributed by atoms with van der Waals surface area (Å²) in [4.78, 5) is 11.2. The van der Waals surface area contributed by atoms with Crippen molar-refractivity contribution >= 4 is 26.7 Å². The van der Waals surface area contributed by atoms with Crippen LogP contribution in [0.1, 0.15) is 16.9 Å². The average Bonchev–Trinajstić information content (AvgIpc) is 2.67. The number of benzene rings is 1. The molecule has 0 aliphatic carbocycles. The molecule has 0 saturated carbocycles. The highest BCUT2D eigenvalue weighted by molar-refractivity contribution is 7.90. The Bertz CT molecular complexity index is 715. The number of rotatable bonds is 5. The lowest BCUT2D eigenvalue weighted by Gasteiger charge is -2.07. The fourth-order valence-electron chi connectivity index (χ4n) is 2.11. The third-order valence-corrected chi connectivity index (χ3v) is 3.96. The molecule has 0 spiro atoms. The highest BCUT2D eigenvalue weighted by Gasteiger charge is 2.14. The molecule has 0 saturated heterocycles. The molecule has 1 N–H and O–H groups in total. The molecule has 1 heterocycles. The van der Waals surface area contributed by atoms with Gasteiger partial charge in [0.15, 0.2) is 0 Å². The predicted octanol–water partition coefficient (Wildman–Crippen LogP) is 1.77. The molecule has 0 amide bonds. The summed E-state index contributed by atoms with van der Waals surface area (Å²) >= 11 is 0. The van der Waals surface area contributed by atoms with Gasteiger partial charge < -0.3 is 9.67 Å². The van der Waals surface area contributed by atoms with Crippen LogP contribution in [-0.4, -0.2) is 36.1 Å². The molecule has 0 aliphatic heterocycles.